The van der Waals surface area contributed by atoms with E-state index in [-0.39, 0.29) is 16.9 Å². The Bertz CT molecular complexity index is 1240. The SMILES string of the molecule is O=C(c1ccc2n[nH]nc2c1)N1CCC2(CCc3c2nc(N2CCOCC2)[nH]c3=O)CC1. The first-order valence-corrected chi connectivity index (χ1v) is 11.2. The minimum absolute atomic E-state index is 0.0100. The van der Waals surface area contributed by atoms with Gasteiger partial charge in [0.2, 0.25) is 5.95 Å². The van der Waals surface area contributed by atoms with Crippen LogP contribution in [-0.4, -0.2) is 75.6 Å². The monoisotopic (exact) mass is 435 g/mol. The first-order chi connectivity index (χ1) is 15.6. The number of nitrogens with zero attached hydrogens (tertiary/aromatic N) is 5. The molecule has 3 aliphatic rings. The Morgan fingerprint density at radius 2 is 1.81 bits per heavy atom. The van der Waals surface area contributed by atoms with Gasteiger partial charge in [0.05, 0.1) is 18.9 Å². The highest BCUT2D eigenvalue weighted by Crippen LogP contribution is 2.44. The van der Waals surface area contributed by atoms with Crippen LogP contribution in [0.15, 0.2) is 23.0 Å². The number of hydrogen-bond donors (Lipinski definition) is 2. The minimum atomic E-state index is -0.128. The summed E-state index contributed by atoms with van der Waals surface area (Å²) in [6.45, 7) is 4.04. The number of carbonyl (C=O) groups excluding carboxylic acids is 1. The Balaban J connectivity index is 1.23. The topological polar surface area (TPSA) is 120 Å². The van der Waals surface area contributed by atoms with Gasteiger partial charge in [-0.25, -0.2) is 4.98 Å². The lowest BCUT2D eigenvalue weighted by Gasteiger charge is -2.39. The van der Waals surface area contributed by atoms with Crippen molar-refractivity contribution in [2.45, 2.75) is 31.1 Å². The lowest BCUT2D eigenvalue weighted by atomic mass is 9.76. The van der Waals surface area contributed by atoms with Crippen LogP contribution < -0.4 is 10.5 Å². The van der Waals surface area contributed by atoms with Gasteiger partial charge in [-0.05, 0) is 43.9 Å². The average Bonchev–Trinajstić information content (AvgIpc) is 3.45. The Labute approximate surface area is 184 Å². The first-order valence-electron chi connectivity index (χ1n) is 11.2. The molecule has 32 heavy (non-hydrogen) atoms. The highest BCUT2D eigenvalue weighted by molar-refractivity contribution is 5.97. The molecule has 2 saturated heterocycles. The van der Waals surface area contributed by atoms with Crippen LogP contribution in [0.3, 0.4) is 0 Å². The number of anilines is 1. The molecule has 1 aromatic carbocycles. The molecule has 1 aliphatic carbocycles. The summed E-state index contributed by atoms with van der Waals surface area (Å²) in [7, 11) is 0. The zero-order chi connectivity index (χ0) is 21.7. The van der Waals surface area contributed by atoms with E-state index < -0.39 is 0 Å². The van der Waals surface area contributed by atoms with Gasteiger partial charge in [0.25, 0.3) is 11.5 Å². The average molecular weight is 435 g/mol. The standard InChI is InChI=1S/C22H25N7O3/c30-19-15-3-4-22(18(15)23-21(24-19)29-9-11-32-12-10-29)5-7-28(8-6-22)20(31)14-1-2-16-17(13-14)26-27-25-16/h1-2,13H,3-12H2,(H,23,24,30)(H,25,26,27). The van der Waals surface area contributed by atoms with Gasteiger partial charge in [-0.2, -0.15) is 15.4 Å². The van der Waals surface area contributed by atoms with E-state index >= 15 is 0 Å². The van der Waals surface area contributed by atoms with Gasteiger partial charge in [0.15, 0.2) is 0 Å². The van der Waals surface area contributed by atoms with E-state index in [1.54, 1.807) is 12.1 Å². The highest BCUT2D eigenvalue weighted by atomic mass is 16.5. The van der Waals surface area contributed by atoms with E-state index in [0.29, 0.717) is 43.3 Å². The number of aromatic amines is 2. The van der Waals surface area contributed by atoms with E-state index in [9.17, 15) is 9.59 Å². The number of likely N-dealkylation sites (tertiary alicyclic amines) is 1. The Hall–Kier alpha value is -3.27. The van der Waals surface area contributed by atoms with E-state index in [2.05, 4.69) is 25.3 Å². The summed E-state index contributed by atoms with van der Waals surface area (Å²) in [4.78, 5) is 37.9. The summed E-state index contributed by atoms with van der Waals surface area (Å²) in [5.41, 5.74) is 3.67. The molecular formula is C22H25N7O3. The predicted octanol–water partition coefficient (Wildman–Crippen LogP) is 0.998. The molecule has 3 aromatic rings. The number of H-pyrrole nitrogens is 2. The fraction of sp³-hybridized carbons (Fsp3) is 0.500. The molecule has 1 amide bonds. The fourth-order valence-electron chi connectivity index (χ4n) is 5.34. The number of carbonyl (C=O) groups is 1. The van der Waals surface area contributed by atoms with Crippen molar-refractivity contribution in [3.05, 3.63) is 45.4 Å². The summed E-state index contributed by atoms with van der Waals surface area (Å²) < 4.78 is 5.44. The Morgan fingerprint density at radius 3 is 2.62 bits per heavy atom. The quantitative estimate of drug-likeness (QED) is 0.616. The number of nitrogens with one attached hydrogen (secondary N) is 2. The lowest BCUT2D eigenvalue weighted by Crippen LogP contribution is -2.45. The summed E-state index contributed by atoms with van der Waals surface area (Å²) in [6, 6.07) is 5.40. The predicted molar refractivity (Wildman–Crippen MR) is 117 cm³/mol. The lowest BCUT2D eigenvalue weighted by molar-refractivity contribution is 0.0663. The molecule has 6 rings (SSSR count). The second-order valence-corrected chi connectivity index (χ2v) is 8.92. The van der Waals surface area contributed by atoms with Crippen molar-refractivity contribution < 1.29 is 9.53 Å². The molecule has 2 aliphatic heterocycles. The molecular weight excluding hydrogens is 410 g/mol. The third-order valence-corrected chi connectivity index (χ3v) is 7.24. The second-order valence-electron chi connectivity index (χ2n) is 8.92. The van der Waals surface area contributed by atoms with E-state index in [1.807, 2.05) is 11.0 Å². The smallest absolute Gasteiger partial charge is 0.255 e. The minimum Gasteiger partial charge on any atom is -0.378 e. The summed E-state index contributed by atoms with van der Waals surface area (Å²) in [6.07, 6.45) is 3.30. The van der Waals surface area contributed by atoms with Crippen molar-refractivity contribution in [2.75, 3.05) is 44.3 Å². The molecule has 2 fully saturated rings. The van der Waals surface area contributed by atoms with E-state index in [4.69, 9.17) is 9.72 Å². The van der Waals surface area contributed by atoms with E-state index in [1.165, 1.54) is 0 Å². The Kier molecular flexibility index (Phi) is 4.49. The van der Waals surface area contributed by atoms with Crippen LogP contribution in [-0.2, 0) is 16.6 Å². The number of hydrogen-bond acceptors (Lipinski definition) is 7. The molecule has 1 spiro atoms. The number of rotatable bonds is 2. The maximum Gasteiger partial charge on any atom is 0.255 e. The number of fused-ring (bicyclic) bond motifs is 3. The fourth-order valence-corrected chi connectivity index (χ4v) is 5.34. The molecule has 166 valence electrons. The number of benzene rings is 1. The van der Waals surface area contributed by atoms with Crippen molar-refractivity contribution in [1.29, 1.82) is 0 Å². The molecule has 0 unspecified atom stereocenters. The van der Waals surface area contributed by atoms with Crippen LogP contribution >= 0.6 is 0 Å². The normalized spacial score (nSPS) is 20.1. The highest BCUT2D eigenvalue weighted by Gasteiger charge is 2.45. The van der Waals surface area contributed by atoms with Crippen LogP contribution in [0.1, 0.15) is 40.9 Å². The largest absolute Gasteiger partial charge is 0.378 e. The third-order valence-electron chi connectivity index (χ3n) is 7.24. The van der Waals surface area contributed by atoms with Crippen LogP contribution in [0.5, 0.6) is 0 Å². The van der Waals surface area contributed by atoms with Crippen molar-refractivity contribution in [2.24, 2.45) is 0 Å². The molecule has 2 N–H and O–H groups in total. The molecule has 0 radical (unpaired) electrons. The maximum atomic E-state index is 13.1. The van der Waals surface area contributed by atoms with Crippen LogP contribution in [0.2, 0.25) is 0 Å². The van der Waals surface area contributed by atoms with Crippen molar-refractivity contribution >= 4 is 22.9 Å². The zero-order valence-electron chi connectivity index (χ0n) is 17.8. The molecule has 10 heteroatoms. The summed E-state index contributed by atoms with van der Waals surface area (Å²) >= 11 is 0. The van der Waals surface area contributed by atoms with Crippen LogP contribution in [0, 0.1) is 0 Å². The van der Waals surface area contributed by atoms with Crippen LogP contribution in [0.4, 0.5) is 5.95 Å². The molecule has 0 atom stereocenters. The van der Waals surface area contributed by atoms with Gasteiger partial charge < -0.3 is 14.5 Å². The summed E-state index contributed by atoms with van der Waals surface area (Å²) in [5.74, 6) is 0.661. The molecule has 10 nitrogen and oxygen atoms in total. The molecule has 2 aromatic heterocycles. The van der Waals surface area contributed by atoms with Gasteiger partial charge in [-0.3, -0.25) is 14.6 Å². The molecule has 4 heterocycles. The van der Waals surface area contributed by atoms with Gasteiger partial charge in [0.1, 0.15) is 11.0 Å². The van der Waals surface area contributed by atoms with Gasteiger partial charge in [0, 0.05) is 42.7 Å². The van der Waals surface area contributed by atoms with E-state index in [0.717, 1.165) is 55.5 Å². The third kappa shape index (κ3) is 3.09. The van der Waals surface area contributed by atoms with Crippen molar-refractivity contribution in [3.8, 4) is 0 Å². The number of piperidine rings is 1. The number of ether oxygens (including phenoxy) is 1. The van der Waals surface area contributed by atoms with Gasteiger partial charge in [-0.1, -0.05) is 0 Å². The van der Waals surface area contributed by atoms with Crippen LogP contribution in [0.25, 0.3) is 11.0 Å². The summed E-state index contributed by atoms with van der Waals surface area (Å²) in [5, 5.41) is 10.7. The number of aromatic nitrogens is 5. The van der Waals surface area contributed by atoms with Crippen molar-refractivity contribution in [3.63, 3.8) is 0 Å². The van der Waals surface area contributed by atoms with Gasteiger partial charge in [-0.15, -0.1) is 0 Å². The maximum absolute atomic E-state index is 13.1. The second kappa shape index (κ2) is 7.40. The first kappa shape index (κ1) is 19.4. The molecule has 0 bridgehead atoms. The zero-order valence-corrected chi connectivity index (χ0v) is 17.8. The Morgan fingerprint density at radius 1 is 1.03 bits per heavy atom. The number of morpholine rings is 1. The van der Waals surface area contributed by atoms with Crippen molar-refractivity contribution in [1.82, 2.24) is 30.3 Å². The number of amides is 1. The van der Waals surface area contributed by atoms with Gasteiger partial charge >= 0.3 is 0 Å². The molecule has 0 saturated carbocycles.